The highest BCUT2D eigenvalue weighted by atomic mass is 14.9. The minimum atomic E-state index is 0.725. The molecule has 1 fully saturated rings. The first kappa shape index (κ1) is 13.0. The third-order valence-electron chi connectivity index (χ3n) is 3.83. The summed E-state index contributed by atoms with van der Waals surface area (Å²) in [5.41, 5.74) is 0.725. The lowest BCUT2D eigenvalue weighted by atomic mass is 10.00. The Kier molecular flexibility index (Phi) is 5.66. The fourth-order valence-corrected chi connectivity index (χ4v) is 2.56. The van der Waals surface area contributed by atoms with Gasteiger partial charge in [0, 0.05) is 6.54 Å². The van der Waals surface area contributed by atoms with Crippen LogP contribution in [-0.2, 0) is 0 Å². The highest BCUT2D eigenvalue weighted by molar-refractivity contribution is 4.94. The number of hydrogen-bond donors (Lipinski definition) is 1. The molecule has 0 spiro atoms. The minimum absolute atomic E-state index is 0.725. The molecule has 15 heavy (non-hydrogen) atoms. The zero-order chi connectivity index (χ0) is 11.1. The van der Waals surface area contributed by atoms with Crippen LogP contribution in [0.1, 0.15) is 65.7 Å². The summed E-state index contributed by atoms with van der Waals surface area (Å²) in [5, 5.41) is 3.66. The van der Waals surface area contributed by atoms with Crippen molar-refractivity contribution >= 4 is 0 Å². The molecule has 1 aliphatic rings. The van der Waals surface area contributed by atoms with Crippen molar-refractivity contribution in [1.29, 1.82) is 0 Å². The van der Waals surface area contributed by atoms with Crippen LogP contribution in [-0.4, -0.2) is 13.1 Å². The summed E-state index contributed by atoms with van der Waals surface area (Å²) < 4.78 is 0. The standard InChI is InChI=1S/C14H29N/c1-4-6-13(3)7-11-15-12-14(8-5-2)9-10-14/h13,15H,4-12H2,1-3H3/t13-/m0/s1. The van der Waals surface area contributed by atoms with E-state index in [9.17, 15) is 0 Å². The van der Waals surface area contributed by atoms with Crippen LogP contribution < -0.4 is 5.32 Å². The first-order valence-corrected chi connectivity index (χ1v) is 6.93. The fourth-order valence-electron chi connectivity index (χ4n) is 2.56. The van der Waals surface area contributed by atoms with E-state index in [-0.39, 0.29) is 0 Å². The molecule has 0 aromatic carbocycles. The second-order valence-electron chi connectivity index (χ2n) is 5.61. The largest absolute Gasteiger partial charge is 0.316 e. The summed E-state index contributed by atoms with van der Waals surface area (Å²) in [5.74, 6) is 0.906. The van der Waals surface area contributed by atoms with E-state index in [1.165, 1.54) is 58.0 Å². The van der Waals surface area contributed by atoms with E-state index in [1.54, 1.807) is 0 Å². The van der Waals surface area contributed by atoms with Gasteiger partial charge in [0.05, 0.1) is 0 Å². The van der Waals surface area contributed by atoms with Gasteiger partial charge in [-0.15, -0.1) is 0 Å². The molecule has 0 saturated heterocycles. The molecule has 0 aromatic heterocycles. The van der Waals surface area contributed by atoms with E-state index in [0.717, 1.165) is 11.3 Å². The van der Waals surface area contributed by atoms with E-state index in [0.29, 0.717) is 0 Å². The molecule has 90 valence electrons. The Bertz CT molecular complexity index is 161. The van der Waals surface area contributed by atoms with Gasteiger partial charge in [0.2, 0.25) is 0 Å². The van der Waals surface area contributed by atoms with Gasteiger partial charge in [0.15, 0.2) is 0 Å². The summed E-state index contributed by atoms with van der Waals surface area (Å²) in [7, 11) is 0. The summed E-state index contributed by atoms with van der Waals surface area (Å²) in [6.07, 6.45) is 9.81. The van der Waals surface area contributed by atoms with E-state index in [2.05, 4.69) is 26.1 Å². The summed E-state index contributed by atoms with van der Waals surface area (Å²) in [6.45, 7) is 9.48. The Morgan fingerprint density at radius 3 is 2.40 bits per heavy atom. The van der Waals surface area contributed by atoms with Gasteiger partial charge >= 0.3 is 0 Å². The Balaban J connectivity index is 1.97. The second-order valence-corrected chi connectivity index (χ2v) is 5.61. The van der Waals surface area contributed by atoms with Crippen molar-refractivity contribution in [2.24, 2.45) is 11.3 Å². The predicted molar refractivity (Wildman–Crippen MR) is 68.1 cm³/mol. The van der Waals surface area contributed by atoms with Gasteiger partial charge in [-0.2, -0.15) is 0 Å². The smallest absolute Gasteiger partial charge is 0.000781 e. The molecule has 0 bridgehead atoms. The van der Waals surface area contributed by atoms with Gasteiger partial charge in [-0.05, 0) is 43.6 Å². The van der Waals surface area contributed by atoms with Crippen molar-refractivity contribution in [3.05, 3.63) is 0 Å². The molecule has 1 rings (SSSR count). The average molecular weight is 211 g/mol. The van der Waals surface area contributed by atoms with Crippen LogP contribution in [0.2, 0.25) is 0 Å². The molecule has 1 saturated carbocycles. The van der Waals surface area contributed by atoms with Crippen LogP contribution >= 0.6 is 0 Å². The molecule has 1 nitrogen and oxygen atoms in total. The molecule has 0 amide bonds. The lowest BCUT2D eigenvalue weighted by Gasteiger charge is -2.16. The molecular formula is C14H29N. The summed E-state index contributed by atoms with van der Waals surface area (Å²) >= 11 is 0. The Labute approximate surface area is 96.0 Å². The first-order valence-electron chi connectivity index (χ1n) is 6.93. The zero-order valence-corrected chi connectivity index (χ0v) is 10.9. The minimum Gasteiger partial charge on any atom is -0.316 e. The van der Waals surface area contributed by atoms with Crippen LogP contribution in [0, 0.1) is 11.3 Å². The quantitative estimate of drug-likeness (QED) is 0.569. The molecule has 1 N–H and O–H groups in total. The fraction of sp³-hybridized carbons (Fsp3) is 1.00. The number of rotatable bonds is 9. The van der Waals surface area contributed by atoms with Crippen LogP contribution in [0.25, 0.3) is 0 Å². The van der Waals surface area contributed by atoms with E-state index < -0.39 is 0 Å². The van der Waals surface area contributed by atoms with Gasteiger partial charge in [0.1, 0.15) is 0 Å². The highest BCUT2D eigenvalue weighted by Crippen LogP contribution is 2.48. The van der Waals surface area contributed by atoms with Gasteiger partial charge < -0.3 is 5.32 Å². The van der Waals surface area contributed by atoms with E-state index in [1.807, 2.05) is 0 Å². The lowest BCUT2D eigenvalue weighted by molar-refractivity contribution is 0.398. The summed E-state index contributed by atoms with van der Waals surface area (Å²) in [6, 6.07) is 0. The molecular weight excluding hydrogens is 182 g/mol. The SMILES string of the molecule is CCC[C@H](C)CCNCC1(CCC)CC1. The van der Waals surface area contributed by atoms with E-state index >= 15 is 0 Å². The van der Waals surface area contributed by atoms with Crippen molar-refractivity contribution in [2.45, 2.75) is 65.7 Å². The van der Waals surface area contributed by atoms with Crippen LogP contribution in [0.5, 0.6) is 0 Å². The molecule has 0 aliphatic heterocycles. The Hall–Kier alpha value is -0.0400. The Morgan fingerprint density at radius 1 is 1.13 bits per heavy atom. The number of hydrogen-bond acceptors (Lipinski definition) is 1. The van der Waals surface area contributed by atoms with Crippen molar-refractivity contribution in [2.75, 3.05) is 13.1 Å². The third kappa shape index (κ3) is 5.01. The van der Waals surface area contributed by atoms with Crippen LogP contribution in [0.15, 0.2) is 0 Å². The Morgan fingerprint density at radius 2 is 1.87 bits per heavy atom. The maximum absolute atomic E-state index is 3.66. The predicted octanol–water partition coefficient (Wildman–Crippen LogP) is 3.98. The molecule has 1 heteroatoms. The van der Waals surface area contributed by atoms with Gasteiger partial charge in [-0.3, -0.25) is 0 Å². The van der Waals surface area contributed by atoms with Crippen LogP contribution in [0.4, 0.5) is 0 Å². The summed E-state index contributed by atoms with van der Waals surface area (Å²) in [4.78, 5) is 0. The van der Waals surface area contributed by atoms with Crippen molar-refractivity contribution in [3.8, 4) is 0 Å². The van der Waals surface area contributed by atoms with Crippen molar-refractivity contribution < 1.29 is 0 Å². The monoisotopic (exact) mass is 211 g/mol. The van der Waals surface area contributed by atoms with Gasteiger partial charge in [0.25, 0.3) is 0 Å². The van der Waals surface area contributed by atoms with E-state index in [4.69, 9.17) is 0 Å². The third-order valence-corrected chi connectivity index (χ3v) is 3.83. The van der Waals surface area contributed by atoms with Gasteiger partial charge in [-0.25, -0.2) is 0 Å². The average Bonchev–Trinajstić information content (AvgIpc) is 2.95. The molecule has 0 unspecified atom stereocenters. The second kappa shape index (κ2) is 6.52. The highest BCUT2D eigenvalue weighted by Gasteiger charge is 2.40. The normalized spacial score (nSPS) is 20.2. The molecule has 0 radical (unpaired) electrons. The molecule has 1 atom stereocenters. The zero-order valence-electron chi connectivity index (χ0n) is 10.9. The maximum Gasteiger partial charge on any atom is 0.000781 e. The van der Waals surface area contributed by atoms with Crippen molar-refractivity contribution in [3.63, 3.8) is 0 Å². The molecule has 0 heterocycles. The maximum atomic E-state index is 3.66. The molecule has 0 aromatic rings. The first-order chi connectivity index (χ1) is 7.22. The van der Waals surface area contributed by atoms with Crippen molar-refractivity contribution in [1.82, 2.24) is 5.32 Å². The topological polar surface area (TPSA) is 12.0 Å². The lowest BCUT2D eigenvalue weighted by Crippen LogP contribution is -2.25. The van der Waals surface area contributed by atoms with Crippen LogP contribution in [0.3, 0.4) is 0 Å². The molecule has 1 aliphatic carbocycles. The number of nitrogens with one attached hydrogen (secondary N) is 1. The van der Waals surface area contributed by atoms with Gasteiger partial charge in [-0.1, -0.05) is 40.0 Å².